The van der Waals surface area contributed by atoms with Crippen LogP contribution < -0.4 is 14.2 Å². The van der Waals surface area contributed by atoms with Crippen LogP contribution in [0.3, 0.4) is 0 Å². The maximum Gasteiger partial charge on any atom is 0.244 e. The zero-order valence-corrected chi connectivity index (χ0v) is 15.0. The molecular weight excluding hydrogens is 326 g/mol. The van der Waals surface area contributed by atoms with Crippen LogP contribution in [-0.4, -0.2) is 29.2 Å². The van der Waals surface area contributed by atoms with Crippen molar-refractivity contribution in [3.63, 3.8) is 0 Å². The number of ether oxygens (including phenoxy) is 2. The quantitative estimate of drug-likeness (QED) is 0.796. The highest BCUT2D eigenvalue weighted by atomic mass is 32.2. The van der Waals surface area contributed by atoms with E-state index in [0.717, 1.165) is 12.0 Å². The van der Waals surface area contributed by atoms with Gasteiger partial charge in [-0.15, -0.1) is 0 Å². The Labute approximate surface area is 143 Å². The van der Waals surface area contributed by atoms with Gasteiger partial charge in [0, 0.05) is 12.6 Å². The van der Waals surface area contributed by atoms with Crippen molar-refractivity contribution in [2.24, 2.45) is 0 Å². The van der Waals surface area contributed by atoms with E-state index in [1.807, 2.05) is 12.1 Å². The van der Waals surface area contributed by atoms with Crippen LogP contribution in [0.15, 0.2) is 47.4 Å². The zero-order chi connectivity index (χ0) is 17.6. The average molecular weight is 349 g/mol. The molecule has 0 saturated heterocycles. The van der Waals surface area contributed by atoms with Crippen molar-refractivity contribution in [2.75, 3.05) is 20.8 Å². The average Bonchev–Trinajstić information content (AvgIpc) is 2.61. The molecule has 0 bridgehead atoms. The molecule has 130 valence electrons. The van der Waals surface area contributed by atoms with Gasteiger partial charge in [0.25, 0.3) is 0 Å². The van der Waals surface area contributed by atoms with Gasteiger partial charge in [0.2, 0.25) is 10.0 Å². The number of hydrogen-bond acceptors (Lipinski definition) is 4. The molecule has 0 aliphatic rings. The van der Waals surface area contributed by atoms with Crippen molar-refractivity contribution in [2.45, 2.75) is 24.7 Å². The predicted molar refractivity (Wildman–Crippen MR) is 94.3 cm³/mol. The Bertz CT molecular complexity index is 770. The van der Waals surface area contributed by atoms with E-state index in [4.69, 9.17) is 9.47 Å². The topological polar surface area (TPSA) is 64.6 Å². The van der Waals surface area contributed by atoms with E-state index < -0.39 is 10.0 Å². The second kappa shape index (κ2) is 8.17. The SMILES string of the molecule is CCc1ccc(CCNS(=O)(=O)c2ccc(OC)cc2OC)cc1. The van der Waals surface area contributed by atoms with E-state index in [-0.39, 0.29) is 10.6 Å². The van der Waals surface area contributed by atoms with Crippen molar-refractivity contribution in [1.82, 2.24) is 4.72 Å². The summed E-state index contributed by atoms with van der Waals surface area (Å²) in [5, 5.41) is 0. The van der Waals surface area contributed by atoms with Crippen LogP contribution in [0.25, 0.3) is 0 Å². The molecule has 5 nitrogen and oxygen atoms in total. The molecule has 0 amide bonds. The zero-order valence-electron chi connectivity index (χ0n) is 14.2. The Morgan fingerprint density at radius 3 is 2.21 bits per heavy atom. The standard InChI is InChI=1S/C18H23NO4S/c1-4-14-5-7-15(8-6-14)11-12-19-24(20,21)18-10-9-16(22-2)13-17(18)23-3/h5-10,13,19H,4,11-12H2,1-3H3. The summed E-state index contributed by atoms with van der Waals surface area (Å²) in [4.78, 5) is 0.104. The third kappa shape index (κ3) is 4.49. The van der Waals surface area contributed by atoms with Gasteiger partial charge in [0.05, 0.1) is 14.2 Å². The molecule has 0 aromatic heterocycles. The van der Waals surface area contributed by atoms with Crippen LogP contribution >= 0.6 is 0 Å². The van der Waals surface area contributed by atoms with Crippen LogP contribution in [0, 0.1) is 0 Å². The lowest BCUT2D eigenvalue weighted by molar-refractivity contribution is 0.386. The molecule has 6 heteroatoms. The van der Waals surface area contributed by atoms with Crippen molar-refractivity contribution < 1.29 is 17.9 Å². The van der Waals surface area contributed by atoms with Crippen molar-refractivity contribution in [3.8, 4) is 11.5 Å². The first kappa shape index (κ1) is 18.3. The molecular formula is C18H23NO4S. The largest absolute Gasteiger partial charge is 0.497 e. The van der Waals surface area contributed by atoms with Gasteiger partial charge in [-0.1, -0.05) is 31.2 Å². The Hall–Kier alpha value is -2.05. The molecule has 0 saturated carbocycles. The number of nitrogens with one attached hydrogen (secondary N) is 1. The van der Waals surface area contributed by atoms with Crippen LogP contribution in [0.4, 0.5) is 0 Å². The molecule has 2 rings (SSSR count). The molecule has 0 radical (unpaired) electrons. The van der Waals surface area contributed by atoms with Gasteiger partial charge in [-0.25, -0.2) is 13.1 Å². The Morgan fingerprint density at radius 1 is 0.958 bits per heavy atom. The molecule has 0 heterocycles. The fraction of sp³-hybridized carbons (Fsp3) is 0.333. The van der Waals surface area contributed by atoms with Gasteiger partial charge >= 0.3 is 0 Å². The van der Waals surface area contributed by atoms with E-state index in [0.29, 0.717) is 18.7 Å². The van der Waals surface area contributed by atoms with Gasteiger partial charge in [-0.2, -0.15) is 0 Å². The number of hydrogen-bond donors (Lipinski definition) is 1. The number of sulfonamides is 1. The number of rotatable bonds is 8. The first-order valence-corrected chi connectivity index (χ1v) is 9.28. The molecule has 0 unspecified atom stereocenters. The van der Waals surface area contributed by atoms with E-state index in [1.54, 1.807) is 12.1 Å². The maximum atomic E-state index is 12.5. The monoisotopic (exact) mass is 349 g/mol. The minimum Gasteiger partial charge on any atom is -0.497 e. The Balaban J connectivity index is 2.05. The van der Waals surface area contributed by atoms with Crippen LogP contribution in [-0.2, 0) is 22.9 Å². The van der Waals surface area contributed by atoms with Crippen molar-refractivity contribution in [1.29, 1.82) is 0 Å². The second-order valence-corrected chi connectivity index (χ2v) is 7.07. The van der Waals surface area contributed by atoms with Gasteiger partial charge < -0.3 is 9.47 Å². The van der Waals surface area contributed by atoms with E-state index in [2.05, 4.69) is 23.8 Å². The number of methoxy groups -OCH3 is 2. The minimum absolute atomic E-state index is 0.104. The lowest BCUT2D eigenvalue weighted by atomic mass is 10.1. The lowest BCUT2D eigenvalue weighted by Crippen LogP contribution is -2.26. The van der Waals surface area contributed by atoms with E-state index in [1.165, 1.54) is 25.8 Å². The van der Waals surface area contributed by atoms with Crippen LogP contribution in [0.5, 0.6) is 11.5 Å². The highest BCUT2D eigenvalue weighted by Crippen LogP contribution is 2.28. The highest BCUT2D eigenvalue weighted by molar-refractivity contribution is 7.89. The fourth-order valence-electron chi connectivity index (χ4n) is 2.35. The summed E-state index contributed by atoms with van der Waals surface area (Å²) in [6.07, 6.45) is 1.62. The van der Waals surface area contributed by atoms with E-state index >= 15 is 0 Å². The minimum atomic E-state index is -3.64. The van der Waals surface area contributed by atoms with Crippen LogP contribution in [0.2, 0.25) is 0 Å². The smallest absolute Gasteiger partial charge is 0.244 e. The summed E-state index contributed by atoms with van der Waals surface area (Å²) in [7, 11) is -0.689. The predicted octanol–water partition coefficient (Wildman–Crippen LogP) is 2.79. The molecule has 24 heavy (non-hydrogen) atoms. The molecule has 1 N–H and O–H groups in total. The lowest BCUT2D eigenvalue weighted by Gasteiger charge is -2.12. The van der Waals surface area contributed by atoms with Gasteiger partial charge in [-0.3, -0.25) is 0 Å². The first-order chi connectivity index (χ1) is 11.5. The van der Waals surface area contributed by atoms with Gasteiger partial charge in [0.1, 0.15) is 16.4 Å². The van der Waals surface area contributed by atoms with Crippen molar-refractivity contribution in [3.05, 3.63) is 53.6 Å². The molecule has 0 spiro atoms. The summed E-state index contributed by atoms with van der Waals surface area (Å²) in [5.74, 6) is 0.802. The summed E-state index contributed by atoms with van der Waals surface area (Å²) in [6.45, 7) is 2.42. The fourth-order valence-corrected chi connectivity index (χ4v) is 3.53. The molecule has 2 aromatic carbocycles. The highest BCUT2D eigenvalue weighted by Gasteiger charge is 2.19. The number of aryl methyl sites for hydroxylation is 1. The molecule has 0 aliphatic heterocycles. The molecule has 0 atom stereocenters. The van der Waals surface area contributed by atoms with Gasteiger partial charge in [0.15, 0.2) is 0 Å². The Morgan fingerprint density at radius 2 is 1.62 bits per heavy atom. The molecule has 2 aromatic rings. The van der Waals surface area contributed by atoms with Gasteiger partial charge in [-0.05, 0) is 36.1 Å². The maximum absolute atomic E-state index is 12.5. The molecule has 0 aliphatic carbocycles. The van der Waals surface area contributed by atoms with E-state index in [9.17, 15) is 8.42 Å². The third-order valence-corrected chi connectivity index (χ3v) is 5.30. The number of benzene rings is 2. The second-order valence-electron chi connectivity index (χ2n) is 5.33. The first-order valence-electron chi connectivity index (χ1n) is 7.79. The summed E-state index contributed by atoms with van der Waals surface area (Å²) in [5.41, 5.74) is 2.36. The summed E-state index contributed by atoms with van der Waals surface area (Å²) in [6, 6.07) is 12.8. The van der Waals surface area contributed by atoms with Crippen molar-refractivity contribution >= 4 is 10.0 Å². The van der Waals surface area contributed by atoms with Crippen LogP contribution in [0.1, 0.15) is 18.1 Å². The summed E-state index contributed by atoms with van der Waals surface area (Å²) >= 11 is 0. The molecule has 0 fully saturated rings. The normalized spacial score (nSPS) is 11.3. The summed E-state index contributed by atoms with van der Waals surface area (Å²) < 4.78 is 37.8. The third-order valence-electron chi connectivity index (χ3n) is 3.80. The Kier molecular flexibility index (Phi) is 6.23.